The highest BCUT2D eigenvalue weighted by molar-refractivity contribution is 6.32. The molecule has 0 unspecified atom stereocenters. The Hall–Kier alpha value is -1.91. The molecule has 23 heavy (non-hydrogen) atoms. The van der Waals surface area contributed by atoms with Crippen molar-refractivity contribution in [2.24, 2.45) is 0 Å². The van der Waals surface area contributed by atoms with Crippen LogP contribution in [0.15, 0.2) is 30.3 Å². The van der Waals surface area contributed by atoms with Gasteiger partial charge in [-0.2, -0.15) is 0 Å². The SMILES string of the molecule is COc1cc(Cl)c(C)cc1NC(=O)CNc1cccc(Cl)c1C. The first kappa shape index (κ1) is 17.4. The Morgan fingerprint density at radius 3 is 2.57 bits per heavy atom. The van der Waals surface area contributed by atoms with Crippen LogP contribution in [0.2, 0.25) is 10.0 Å². The number of nitrogens with one attached hydrogen (secondary N) is 2. The maximum atomic E-state index is 12.2. The van der Waals surface area contributed by atoms with E-state index in [2.05, 4.69) is 10.6 Å². The van der Waals surface area contributed by atoms with E-state index in [4.69, 9.17) is 27.9 Å². The van der Waals surface area contributed by atoms with Crippen molar-refractivity contribution in [1.82, 2.24) is 0 Å². The van der Waals surface area contributed by atoms with Gasteiger partial charge >= 0.3 is 0 Å². The lowest BCUT2D eigenvalue weighted by molar-refractivity contribution is -0.114. The van der Waals surface area contributed by atoms with Crippen LogP contribution in [-0.2, 0) is 4.79 Å². The van der Waals surface area contributed by atoms with Gasteiger partial charge < -0.3 is 15.4 Å². The van der Waals surface area contributed by atoms with Gasteiger partial charge in [-0.15, -0.1) is 0 Å². The number of hydrogen-bond acceptors (Lipinski definition) is 3. The summed E-state index contributed by atoms with van der Waals surface area (Å²) in [4.78, 5) is 12.2. The number of rotatable bonds is 5. The van der Waals surface area contributed by atoms with Crippen LogP contribution < -0.4 is 15.4 Å². The van der Waals surface area contributed by atoms with Gasteiger partial charge in [0.2, 0.25) is 5.91 Å². The zero-order valence-corrected chi connectivity index (χ0v) is 14.7. The van der Waals surface area contributed by atoms with E-state index < -0.39 is 0 Å². The molecule has 0 aliphatic heterocycles. The standard InChI is InChI=1S/C17H18Cl2N2O2/c1-10-7-15(16(23-3)8-13(10)19)21-17(22)9-20-14-6-4-5-12(18)11(14)2/h4-8,20H,9H2,1-3H3,(H,21,22). The number of ether oxygens (including phenoxy) is 1. The normalized spacial score (nSPS) is 10.3. The molecule has 0 fully saturated rings. The van der Waals surface area contributed by atoms with Gasteiger partial charge in [-0.1, -0.05) is 29.3 Å². The van der Waals surface area contributed by atoms with E-state index in [1.54, 1.807) is 12.1 Å². The second-order valence-electron chi connectivity index (χ2n) is 5.12. The fourth-order valence-electron chi connectivity index (χ4n) is 2.10. The lowest BCUT2D eigenvalue weighted by atomic mass is 10.2. The number of carbonyl (C=O) groups excluding carboxylic acids is 1. The highest BCUT2D eigenvalue weighted by atomic mass is 35.5. The van der Waals surface area contributed by atoms with Crippen LogP contribution in [0, 0.1) is 13.8 Å². The number of anilines is 2. The third-order valence-electron chi connectivity index (χ3n) is 3.46. The molecule has 0 heterocycles. The zero-order valence-electron chi connectivity index (χ0n) is 13.2. The highest BCUT2D eigenvalue weighted by Gasteiger charge is 2.11. The maximum Gasteiger partial charge on any atom is 0.243 e. The third kappa shape index (κ3) is 4.30. The van der Waals surface area contributed by atoms with Crippen molar-refractivity contribution in [3.8, 4) is 5.75 Å². The zero-order chi connectivity index (χ0) is 17.0. The van der Waals surface area contributed by atoms with Crippen molar-refractivity contribution in [2.75, 3.05) is 24.3 Å². The van der Waals surface area contributed by atoms with E-state index in [1.165, 1.54) is 7.11 Å². The van der Waals surface area contributed by atoms with Crippen molar-refractivity contribution >= 4 is 40.5 Å². The molecule has 0 spiro atoms. The fourth-order valence-corrected chi connectivity index (χ4v) is 2.43. The van der Waals surface area contributed by atoms with E-state index in [1.807, 2.05) is 32.0 Å². The van der Waals surface area contributed by atoms with Crippen molar-refractivity contribution < 1.29 is 9.53 Å². The highest BCUT2D eigenvalue weighted by Crippen LogP contribution is 2.31. The van der Waals surface area contributed by atoms with Crippen LogP contribution in [0.3, 0.4) is 0 Å². The largest absolute Gasteiger partial charge is 0.495 e. The second-order valence-corrected chi connectivity index (χ2v) is 5.93. The Balaban J connectivity index is 2.05. The summed E-state index contributed by atoms with van der Waals surface area (Å²) in [7, 11) is 1.53. The van der Waals surface area contributed by atoms with Gasteiger partial charge in [0.1, 0.15) is 5.75 Å². The predicted molar refractivity (Wildman–Crippen MR) is 96.0 cm³/mol. The van der Waals surface area contributed by atoms with Gasteiger partial charge in [0, 0.05) is 21.8 Å². The number of aryl methyl sites for hydroxylation is 1. The maximum absolute atomic E-state index is 12.2. The van der Waals surface area contributed by atoms with Crippen molar-refractivity contribution in [1.29, 1.82) is 0 Å². The quantitative estimate of drug-likeness (QED) is 0.821. The van der Waals surface area contributed by atoms with Gasteiger partial charge in [0.05, 0.1) is 19.3 Å². The van der Waals surface area contributed by atoms with Gasteiger partial charge in [-0.3, -0.25) is 4.79 Å². The smallest absolute Gasteiger partial charge is 0.243 e. The molecule has 2 aromatic carbocycles. The molecule has 0 saturated carbocycles. The Morgan fingerprint density at radius 2 is 1.87 bits per heavy atom. The minimum Gasteiger partial charge on any atom is -0.495 e. The second kappa shape index (κ2) is 7.57. The molecule has 2 N–H and O–H groups in total. The third-order valence-corrected chi connectivity index (χ3v) is 4.28. The molecular weight excluding hydrogens is 335 g/mol. The van der Waals surface area contributed by atoms with Gasteiger partial charge in [-0.05, 0) is 43.2 Å². The first-order chi connectivity index (χ1) is 10.9. The number of methoxy groups -OCH3 is 1. The van der Waals surface area contributed by atoms with E-state index in [0.29, 0.717) is 21.5 Å². The number of hydrogen-bond donors (Lipinski definition) is 2. The molecule has 0 saturated heterocycles. The molecule has 0 bridgehead atoms. The first-order valence-electron chi connectivity index (χ1n) is 7.05. The van der Waals surface area contributed by atoms with E-state index in [0.717, 1.165) is 16.8 Å². The van der Waals surface area contributed by atoms with E-state index >= 15 is 0 Å². The van der Waals surface area contributed by atoms with Crippen LogP contribution in [0.1, 0.15) is 11.1 Å². The first-order valence-corrected chi connectivity index (χ1v) is 7.81. The topological polar surface area (TPSA) is 50.4 Å². The summed E-state index contributed by atoms with van der Waals surface area (Å²) in [5.74, 6) is 0.331. The molecule has 0 aromatic heterocycles. The summed E-state index contributed by atoms with van der Waals surface area (Å²) in [6.45, 7) is 3.88. The lowest BCUT2D eigenvalue weighted by Crippen LogP contribution is -2.22. The molecule has 2 aromatic rings. The average molecular weight is 353 g/mol. The Morgan fingerprint density at radius 1 is 1.13 bits per heavy atom. The summed E-state index contributed by atoms with van der Waals surface area (Å²) < 4.78 is 5.24. The minimum absolute atomic E-state index is 0.117. The predicted octanol–water partition coefficient (Wildman–Crippen LogP) is 4.67. The number of halogens is 2. The Kier molecular flexibility index (Phi) is 5.74. The number of benzene rings is 2. The summed E-state index contributed by atoms with van der Waals surface area (Å²) in [6.07, 6.45) is 0. The van der Waals surface area contributed by atoms with Crippen LogP contribution in [-0.4, -0.2) is 19.6 Å². The molecule has 0 aliphatic carbocycles. The van der Waals surface area contributed by atoms with Crippen LogP contribution >= 0.6 is 23.2 Å². The summed E-state index contributed by atoms with van der Waals surface area (Å²) >= 11 is 12.1. The van der Waals surface area contributed by atoms with Gasteiger partial charge in [0.15, 0.2) is 0 Å². The Labute approximate surface area is 145 Å². The monoisotopic (exact) mass is 352 g/mol. The van der Waals surface area contributed by atoms with E-state index in [9.17, 15) is 4.79 Å². The van der Waals surface area contributed by atoms with Crippen molar-refractivity contribution in [3.05, 3.63) is 51.5 Å². The van der Waals surface area contributed by atoms with Crippen LogP contribution in [0.25, 0.3) is 0 Å². The molecule has 1 amide bonds. The molecule has 4 nitrogen and oxygen atoms in total. The van der Waals surface area contributed by atoms with Gasteiger partial charge in [0.25, 0.3) is 0 Å². The van der Waals surface area contributed by atoms with E-state index in [-0.39, 0.29) is 12.5 Å². The minimum atomic E-state index is -0.190. The number of amides is 1. The summed E-state index contributed by atoms with van der Waals surface area (Å²) in [5, 5.41) is 7.14. The van der Waals surface area contributed by atoms with Gasteiger partial charge in [-0.25, -0.2) is 0 Å². The molecule has 2 rings (SSSR count). The number of carbonyl (C=O) groups is 1. The van der Waals surface area contributed by atoms with Crippen LogP contribution in [0.5, 0.6) is 5.75 Å². The molecule has 6 heteroatoms. The molecule has 0 atom stereocenters. The molecule has 122 valence electrons. The Bertz CT molecular complexity index is 733. The van der Waals surface area contributed by atoms with Crippen LogP contribution in [0.4, 0.5) is 11.4 Å². The fraction of sp³-hybridized carbons (Fsp3) is 0.235. The average Bonchev–Trinajstić information content (AvgIpc) is 2.52. The molecule has 0 aliphatic rings. The summed E-state index contributed by atoms with van der Waals surface area (Å²) in [5.41, 5.74) is 3.18. The molecule has 0 radical (unpaired) electrons. The van der Waals surface area contributed by atoms with Crippen molar-refractivity contribution in [2.45, 2.75) is 13.8 Å². The lowest BCUT2D eigenvalue weighted by Gasteiger charge is -2.14. The van der Waals surface area contributed by atoms with Crippen molar-refractivity contribution in [3.63, 3.8) is 0 Å². The summed E-state index contributed by atoms with van der Waals surface area (Å²) in [6, 6.07) is 8.98. The molecular formula is C17H18Cl2N2O2.